The van der Waals surface area contributed by atoms with Gasteiger partial charge in [-0.05, 0) is 12.1 Å². The second kappa shape index (κ2) is 5.67. The van der Waals surface area contributed by atoms with Gasteiger partial charge in [0, 0.05) is 19.3 Å². The fraction of sp³-hybridized carbons (Fsp3) is 0.400. The maximum Gasteiger partial charge on any atom is 0.405 e. The number of anilines is 1. The standard InChI is InChI=1S/C10H13F3N4O/c11-10(12,13)6-17(4-3-14)8-2-1-7(5-16-8)9(15)18/h1-2,5H,3-4,6,14H2,(H2,15,18). The van der Waals surface area contributed by atoms with E-state index in [0.717, 1.165) is 11.1 Å². The van der Waals surface area contributed by atoms with Crippen molar-refractivity contribution in [2.75, 3.05) is 24.5 Å². The van der Waals surface area contributed by atoms with Crippen molar-refractivity contribution in [1.29, 1.82) is 0 Å². The molecule has 1 aromatic rings. The zero-order chi connectivity index (χ0) is 13.8. The van der Waals surface area contributed by atoms with Crippen molar-refractivity contribution in [3.8, 4) is 0 Å². The van der Waals surface area contributed by atoms with E-state index < -0.39 is 18.6 Å². The third-order valence-corrected chi connectivity index (χ3v) is 2.13. The lowest BCUT2D eigenvalue weighted by Crippen LogP contribution is -2.38. The number of aromatic nitrogens is 1. The third-order valence-electron chi connectivity index (χ3n) is 2.13. The van der Waals surface area contributed by atoms with Crippen molar-refractivity contribution in [1.82, 2.24) is 4.98 Å². The average Bonchev–Trinajstić information content (AvgIpc) is 2.27. The molecule has 0 aromatic carbocycles. The van der Waals surface area contributed by atoms with Gasteiger partial charge in [0.2, 0.25) is 5.91 Å². The predicted octanol–water partition coefficient (Wildman–Crippen LogP) is 0.508. The Kier molecular flexibility index (Phi) is 4.49. The van der Waals surface area contributed by atoms with E-state index in [1.165, 1.54) is 12.1 Å². The molecule has 0 aliphatic rings. The van der Waals surface area contributed by atoms with E-state index in [1.807, 2.05) is 0 Å². The number of carbonyl (C=O) groups excluding carboxylic acids is 1. The quantitative estimate of drug-likeness (QED) is 0.809. The molecule has 8 heteroatoms. The summed E-state index contributed by atoms with van der Waals surface area (Å²) in [7, 11) is 0. The van der Waals surface area contributed by atoms with Crippen molar-refractivity contribution < 1.29 is 18.0 Å². The number of amides is 1. The van der Waals surface area contributed by atoms with Gasteiger partial charge in [-0.1, -0.05) is 0 Å². The smallest absolute Gasteiger partial charge is 0.366 e. The van der Waals surface area contributed by atoms with E-state index in [0.29, 0.717) is 0 Å². The molecule has 18 heavy (non-hydrogen) atoms. The monoisotopic (exact) mass is 262 g/mol. The molecule has 5 nitrogen and oxygen atoms in total. The van der Waals surface area contributed by atoms with Crippen LogP contribution >= 0.6 is 0 Å². The molecule has 100 valence electrons. The summed E-state index contributed by atoms with van der Waals surface area (Å²) < 4.78 is 37.0. The second-order valence-corrected chi connectivity index (χ2v) is 3.59. The summed E-state index contributed by atoms with van der Waals surface area (Å²) in [6.07, 6.45) is -3.21. The van der Waals surface area contributed by atoms with Crippen molar-refractivity contribution in [3.05, 3.63) is 23.9 Å². The molecule has 0 aliphatic heterocycles. The summed E-state index contributed by atoms with van der Waals surface area (Å²) in [5, 5.41) is 0. The Hall–Kier alpha value is -1.83. The molecule has 1 heterocycles. The van der Waals surface area contributed by atoms with Crippen LogP contribution < -0.4 is 16.4 Å². The Bertz CT molecular complexity index is 405. The number of hydrogen-bond donors (Lipinski definition) is 2. The number of hydrogen-bond acceptors (Lipinski definition) is 4. The molecule has 0 unspecified atom stereocenters. The van der Waals surface area contributed by atoms with Crippen LogP contribution in [-0.2, 0) is 0 Å². The number of rotatable bonds is 5. The van der Waals surface area contributed by atoms with Gasteiger partial charge in [-0.25, -0.2) is 4.98 Å². The van der Waals surface area contributed by atoms with Crippen LogP contribution in [0.5, 0.6) is 0 Å². The number of pyridine rings is 1. The normalized spacial score (nSPS) is 11.3. The van der Waals surface area contributed by atoms with Crippen molar-refractivity contribution in [2.24, 2.45) is 11.5 Å². The lowest BCUT2D eigenvalue weighted by Gasteiger charge is -2.24. The molecule has 0 saturated carbocycles. The Morgan fingerprint density at radius 3 is 2.44 bits per heavy atom. The maximum absolute atomic E-state index is 12.3. The summed E-state index contributed by atoms with van der Waals surface area (Å²) in [4.78, 5) is 15.6. The minimum absolute atomic E-state index is 0.0163. The first-order valence-electron chi connectivity index (χ1n) is 5.11. The van der Waals surface area contributed by atoms with Gasteiger partial charge in [0.1, 0.15) is 12.4 Å². The number of nitrogens with two attached hydrogens (primary N) is 2. The highest BCUT2D eigenvalue weighted by molar-refractivity contribution is 5.92. The van der Waals surface area contributed by atoms with Gasteiger partial charge in [0.05, 0.1) is 5.56 Å². The average molecular weight is 262 g/mol. The van der Waals surface area contributed by atoms with Gasteiger partial charge >= 0.3 is 6.18 Å². The summed E-state index contributed by atoms with van der Waals surface area (Å²) >= 11 is 0. The van der Waals surface area contributed by atoms with Crippen LogP contribution in [0.2, 0.25) is 0 Å². The number of nitrogens with zero attached hydrogens (tertiary/aromatic N) is 2. The summed E-state index contributed by atoms with van der Waals surface area (Å²) in [6, 6.07) is 2.63. The molecule has 0 saturated heterocycles. The van der Waals surface area contributed by atoms with Crippen molar-refractivity contribution >= 4 is 11.7 Å². The summed E-state index contributed by atoms with van der Waals surface area (Å²) in [5.41, 5.74) is 10.4. The Morgan fingerprint density at radius 2 is 2.06 bits per heavy atom. The zero-order valence-corrected chi connectivity index (χ0v) is 9.44. The highest BCUT2D eigenvalue weighted by atomic mass is 19.4. The summed E-state index contributed by atoms with van der Waals surface area (Å²) in [5.74, 6) is -0.585. The molecule has 1 rings (SSSR count). The molecule has 0 radical (unpaired) electrons. The van der Waals surface area contributed by atoms with Gasteiger partial charge in [-0.2, -0.15) is 13.2 Å². The third kappa shape index (κ3) is 4.21. The molecule has 0 bridgehead atoms. The van der Waals surface area contributed by atoms with E-state index in [2.05, 4.69) is 4.98 Å². The molecular weight excluding hydrogens is 249 g/mol. The Labute approximate surface area is 102 Å². The van der Waals surface area contributed by atoms with Crippen molar-refractivity contribution in [3.63, 3.8) is 0 Å². The van der Waals surface area contributed by atoms with E-state index in [1.54, 1.807) is 0 Å². The van der Waals surface area contributed by atoms with Crippen LogP contribution in [0.25, 0.3) is 0 Å². The van der Waals surface area contributed by atoms with Crippen molar-refractivity contribution in [2.45, 2.75) is 6.18 Å². The molecular formula is C10H13F3N4O. The van der Waals surface area contributed by atoms with E-state index in [-0.39, 0.29) is 24.5 Å². The largest absolute Gasteiger partial charge is 0.405 e. The summed E-state index contributed by atoms with van der Waals surface area (Å²) in [6.45, 7) is -1.06. The molecule has 0 atom stereocenters. The molecule has 1 amide bonds. The fourth-order valence-corrected chi connectivity index (χ4v) is 1.37. The van der Waals surface area contributed by atoms with Crippen LogP contribution in [0.4, 0.5) is 19.0 Å². The number of alkyl halides is 3. The number of primary amides is 1. The lowest BCUT2D eigenvalue weighted by molar-refractivity contribution is -0.119. The SMILES string of the molecule is NCCN(CC(F)(F)F)c1ccc(C(N)=O)cn1. The number of carbonyl (C=O) groups is 1. The van der Waals surface area contributed by atoms with Crippen LogP contribution in [0.1, 0.15) is 10.4 Å². The highest BCUT2D eigenvalue weighted by Crippen LogP contribution is 2.20. The Balaban J connectivity index is 2.88. The first-order valence-corrected chi connectivity index (χ1v) is 5.11. The van der Waals surface area contributed by atoms with E-state index in [9.17, 15) is 18.0 Å². The van der Waals surface area contributed by atoms with Gasteiger partial charge < -0.3 is 16.4 Å². The first kappa shape index (κ1) is 14.2. The molecule has 4 N–H and O–H groups in total. The van der Waals surface area contributed by atoms with Crippen LogP contribution in [0, 0.1) is 0 Å². The van der Waals surface area contributed by atoms with E-state index in [4.69, 9.17) is 11.5 Å². The van der Waals surface area contributed by atoms with Gasteiger partial charge in [0.25, 0.3) is 0 Å². The number of halogens is 3. The van der Waals surface area contributed by atoms with Crippen LogP contribution in [-0.4, -0.2) is 36.7 Å². The zero-order valence-electron chi connectivity index (χ0n) is 9.44. The highest BCUT2D eigenvalue weighted by Gasteiger charge is 2.31. The van der Waals surface area contributed by atoms with E-state index >= 15 is 0 Å². The van der Waals surface area contributed by atoms with Gasteiger partial charge in [0.15, 0.2) is 0 Å². The maximum atomic E-state index is 12.3. The molecule has 0 aliphatic carbocycles. The second-order valence-electron chi connectivity index (χ2n) is 3.59. The topological polar surface area (TPSA) is 85.2 Å². The molecule has 0 spiro atoms. The minimum Gasteiger partial charge on any atom is -0.366 e. The predicted molar refractivity (Wildman–Crippen MR) is 60.1 cm³/mol. The van der Waals surface area contributed by atoms with Crippen LogP contribution in [0.15, 0.2) is 18.3 Å². The minimum atomic E-state index is -4.35. The van der Waals surface area contributed by atoms with Gasteiger partial charge in [-0.15, -0.1) is 0 Å². The molecule has 0 fully saturated rings. The van der Waals surface area contributed by atoms with Crippen LogP contribution in [0.3, 0.4) is 0 Å². The molecule has 1 aromatic heterocycles. The Morgan fingerprint density at radius 1 is 1.39 bits per heavy atom. The fourth-order valence-electron chi connectivity index (χ4n) is 1.37. The lowest BCUT2D eigenvalue weighted by atomic mass is 10.2. The first-order chi connectivity index (χ1) is 8.33. The van der Waals surface area contributed by atoms with Gasteiger partial charge in [-0.3, -0.25) is 4.79 Å².